The van der Waals surface area contributed by atoms with Crippen molar-refractivity contribution >= 4 is 18.3 Å². The van der Waals surface area contributed by atoms with Gasteiger partial charge in [-0.2, -0.15) is 0 Å². The van der Waals surface area contributed by atoms with Crippen molar-refractivity contribution in [3.05, 3.63) is 35.4 Å². The van der Waals surface area contributed by atoms with E-state index in [0.717, 1.165) is 6.42 Å². The van der Waals surface area contributed by atoms with Gasteiger partial charge in [0, 0.05) is 12.5 Å². The van der Waals surface area contributed by atoms with E-state index in [9.17, 15) is 4.79 Å². The molecule has 1 amide bonds. The molecule has 1 aliphatic rings. The summed E-state index contributed by atoms with van der Waals surface area (Å²) in [5.74, 6) is 0.970. The molecule has 1 fully saturated rings. The molecule has 0 saturated heterocycles. The van der Waals surface area contributed by atoms with Crippen molar-refractivity contribution in [2.75, 3.05) is 6.54 Å². The number of hydrogen-bond acceptors (Lipinski definition) is 2. The third-order valence-corrected chi connectivity index (χ3v) is 4.82. The first-order chi connectivity index (χ1) is 9.39. The van der Waals surface area contributed by atoms with Gasteiger partial charge in [-0.15, -0.1) is 12.4 Å². The van der Waals surface area contributed by atoms with E-state index in [1.165, 1.54) is 11.1 Å². The number of rotatable bonds is 5. The highest BCUT2D eigenvalue weighted by molar-refractivity contribution is 5.85. The van der Waals surface area contributed by atoms with E-state index < -0.39 is 0 Å². The Labute approximate surface area is 134 Å². The van der Waals surface area contributed by atoms with Crippen LogP contribution in [0.25, 0.3) is 0 Å². The first kappa shape index (κ1) is 18.0. The van der Waals surface area contributed by atoms with Crippen molar-refractivity contribution in [1.82, 2.24) is 5.32 Å². The van der Waals surface area contributed by atoms with Crippen molar-refractivity contribution in [2.24, 2.45) is 17.6 Å². The Morgan fingerprint density at radius 2 is 2.05 bits per heavy atom. The molecule has 21 heavy (non-hydrogen) atoms. The maximum absolute atomic E-state index is 12.4. The highest BCUT2D eigenvalue weighted by atomic mass is 35.5. The second kappa shape index (κ2) is 6.80. The van der Waals surface area contributed by atoms with Crippen LogP contribution >= 0.6 is 12.4 Å². The minimum Gasteiger partial charge on any atom is -0.349 e. The van der Waals surface area contributed by atoms with Gasteiger partial charge in [0.2, 0.25) is 5.91 Å². The molecule has 0 spiro atoms. The Hall–Kier alpha value is -1.06. The molecule has 0 aliphatic heterocycles. The second-order valence-electron chi connectivity index (χ2n) is 6.57. The van der Waals surface area contributed by atoms with E-state index in [4.69, 9.17) is 5.73 Å². The van der Waals surface area contributed by atoms with Crippen LogP contribution in [0.2, 0.25) is 0 Å². The Bertz CT molecular complexity index is 503. The second-order valence-corrected chi connectivity index (χ2v) is 6.57. The summed E-state index contributed by atoms with van der Waals surface area (Å²) in [5.41, 5.74) is 8.11. The van der Waals surface area contributed by atoms with Gasteiger partial charge in [-0.05, 0) is 43.2 Å². The number of carbonyl (C=O) groups excluding carboxylic acids is 1. The zero-order valence-electron chi connectivity index (χ0n) is 13.3. The minimum absolute atomic E-state index is 0. The summed E-state index contributed by atoms with van der Waals surface area (Å²) in [4.78, 5) is 12.4. The van der Waals surface area contributed by atoms with E-state index in [0.29, 0.717) is 18.4 Å². The molecule has 1 aromatic carbocycles. The van der Waals surface area contributed by atoms with E-state index >= 15 is 0 Å². The lowest BCUT2D eigenvalue weighted by molar-refractivity contribution is -0.124. The molecule has 3 unspecified atom stereocenters. The van der Waals surface area contributed by atoms with Crippen molar-refractivity contribution in [3.8, 4) is 0 Å². The highest BCUT2D eigenvalue weighted by Crippen LogP contribution is 2.48. The molecular weight excluding hydrogens is 284 g/mol. The first-order valence-electron chi connectivity index (χ1n) is 7.46. The lowest BCUT2D eigenvalue weighted by Gasteiger charge is -2.33. The van der Waals surface area contributed by atoms with Gasteiger partial charge in [-0.1, -0.05) is 38.1 Å². The van der Waals surface area contributed by atoms with Crippen LogP contribution < -0.4 is 11.1 Å². The number of nitrogens with one attached hydrogen (secondary N) is 1. The number of aryl methyl sites for hydroxylation is 1. The molecule has 0 heterocycles. The molecule has 118 valence electrons. The molecule has 0 radical (unpaired) electrons. The molecular formula is C17H27ClN2O. The summed E-state index contributed by atoms with van der Waals surface area (Å²) in [7, 11) is 0. The molecule has 0 aromatic heterocycles. The quantitative estimate of drug-likeness (QED) is 0.878. The third-order valence-electron chi connectivity index (χ3n) is 4.82. The predicted molar refractivity (Wildman–Crippen MR) is 89.7 cm³/mol. The zero-order chi connectivity index (χ0) is 14.9. The summed E-state index contributed by atoms with van der Waals surface area (Å²) in [6.07, 6.45) is 0.954. The minimum atomic E-state index is -0.310. The normalized spacial score (nSPS) is 23.1. The van der Waals surface area contributed by atoms with Gasteiger partial charge in [0.1, 0.15) is 0 Å². The summed E-state index contributed by atoms with van der Waals surface area (Å²) in [5, 5.41) is 3.16. The third kappa shape index (κ3) is 3.78. The van der Waals surface area contributed by atoms with Gasteiger partial charge in [0.25, 0.3) is 0 Å². The van der Waals surface area contributed by atoms with Crippen molar-refractivity contribution in [3.63, 3.8) is 0 Å². The number of amides is 1. The van der Waals surface area contributed by atoms with Crippen LogP contribution in [0.15, 0.2) is 24.3 Å². The molecule has 1 aliphatic carbocycles. The highest BCUT2D eigenvalue weighted by Gasteiger charge is 2.46. The van der Waals surface area contributed by atoms with Crippen LogP contribution in [0.5, 0.6) is 0 Å². The summed E-state index contributed by atoms with van der Waals surface area (Å²) in [6.45, 7) is 8.80. The molecule has 3 atom stereocenters. The summed E-state index contributed by atoms with van der Waals surface area (Å²) < 4.78 is 0. The van der Waals surface area contributed by atoms with Crippen LogP contribution in [-0.2, 0) is 4.79 Å². The fourth-order valence-electron chi connectivity index (χ4n) is 2.64. The Morgan fingerprint density at radius 1 is 1.43 bits per heavy atom. The Balaban J connectivity index is 0.00000220. The van der Waals surface area contributed by atoms with Gasteiger partial charge >= 0.3 is 0 Å². The average molecular weight is 311 g/mol. The predicted octanol–water partition coefficient (Wildman–Crippen LogP) is 3.01. The number of carbonyl (C=O) groups is 1. The fourth-order valence-corrected chi connectivity index (χ4v) is 2.64. The van der Waals surface area contributed by atoms with Gasteiger partial charge in [0.15, 0.2) is 0 Å². The van der Waals surface area contributed by atoms with Gasteiger partial charge in [0.05, 0.1) is 5.54 Å². The number of benzene rings is 1. The topological polar surface area (TPSA) is 55.1 Å². The standard InChI is InChI=1S/C17H26N2O.ClH/c1-11(2)17(4,10-18)19-16(20)15-9-14(15)13-8-6-5-7-12(13)3;/h5-8,11,14-15H,9-10,18H2,1-4H3,(H,19,20);1H. The van der Waals surface area contributed by atoms with Crippen molar-refractivity contribution < 1.29 is 4.79 Å². The molecule has 1 aromatic rings. The van der Waals surface area contributed by atoms with Crippen LogP contribution in [-0.4, -0.2) is 18.0 Å². The van der Waals surface area contributed by atoms with Crippen LogP contribution in [0, 0.1) is 18.8 Å². The molecule has 3 N–H and O–H groups in total. The van der Waals surface area contributed by atoms with Crippen molar-refractivity contribution in [2.45, 2.75) is 45.6 Å². The molecule has 2 rings (SSSR count). The SMILES string of the molecule is Cc1ccccc1C1CC1C(=O)NC(C)(CN)C(C)C.Cl. The maximum atomic E-state index is 12.4. The summed E-state index contributed by atoms with van der Waals surface area (Å²) in [6, 6.07) is 8.34. The maximum Gasteiger partial charge on any atom is 0.224 e. The number of halogens is 1. The Morgan fingerprint density at radius 3 is 2.57 bits per heavy atom. The molecule has 1 saturated carbocycles. The largest absolute Gasteiger partial charge is 0.349 e. The van der Waals surface area contributed by atoms with Crippen LogP contribution in [0.3, 0.4) is 0 Å². The van der Waals surface area contributed by atoms with E-state index in [1.807, 2.05) is 19.1 Å². The van der Waals surface area contributed by atoms with Crippen LogP contribution in [0.4, 0.5) is 0 Å². The smallest absolute Gasteiger partial charge is 0.224 e. The van der Waals surface area contributed by atoms with E-state index in [-0.39, 0.29) is 29.8 Å². The number of nitrogens with two attached hydrogens (primary N) is 1. The summed E-state index contributed by atoms with van der Waals surface area (Å²) >= 11 is 0. The molecule has 4 heteroatoms. The van der Waals surface area contributed by atoms with E-state index in [2.05, 4.69) is 38.2 Å². The zero-order valence-corrected chi connectivity index (χ0v) is 14.2. The van der Waals surface area contributed by atoms with Gasteiger partial charge < -0.3 is 11.1 Å². The van der Waals surface area contributed by atoms with Gasteiger partial charge in [-0.25, -0.2) is 0 Å². The molecule has 3 nitrogen and oxygen atoms in total. The van der Waals surface area contributed by atoms with Crippen LogP contribution in [0.1, 0.15) is 44.2 Å². The monoisotopic (exact) mass is 310 g/mol. The van der Waals surface area contributed by atoms with Crippen molar-refractivity contribution in [1.29, 1.82) is 0 Å². The lowest BCUT2D eigenvalue weighted by Crippen LogP contribution is -2.55. The molecule has 0 bridgehead atoms. The van der Waals surface area contributed by atoms with E-state index in [1.54, 1.807) is 0 Å². The lowest BCUT2D eigenvalue weighted by atomic mass is 9.88. The Kier molecular flexibility index (Phi) is 5.83. The number of hydrogen-bond donors (Lipinski definition) is 2. The first-order valence-corrected chi connectivity index (χ1v) is 7.46. The van der Waals surface area contributed by atoms with Gasteiger partial charge in [-0.3, -0.25) is 4.79 Å². The fraction of sp³-hybridized carbons (Fsp3) is 0.588. The average Bonchev–Trinajstić information content (AvgIpc) is 3.19.